The highest BCUT2D eigenvalue weighted by Crippen LogP contribution is 2.23. The predicted octanol–water partition coefficient (Wildman–Crippen LogP) is 1.27. The number of nitrogens with zero attached hydrogens (tertiary/aromatic N) is 1. The van der Waals surface area contributed by atoms with Crippen molar-refractivity contribution in [3.8, 4) is 5.75 Å². The van der Waals surface area contributed by atoms with Crippen LogP contribution < -0.4 is 10.5 Å². The summed E-state index contributed by atoms with van der Waals surface area (Å²) in [5.41, 5.74) is 7.57. The molecular weight excluding hydrogens is 176 g/mol. The van der Waals surface area contributed by atoms with Crippen molar-refractivity contribution in [3.05, 3.63) is 23.8 Å². The summed E-state index contributed by atoms with van der Waals surface area (Å²) in [7, 11) is 2.09. The lowest BCUT2D eigenvalue weighted by Crippen LogP contribution is -2.51. The maximum absolute atomic E-state index is 5.81. The molecule has 0 spiro atoms. The van der Waals surface area contributed by atoms with Crippen LogP contribution in [-0.4, -0.2) is 31.1 Å². The number of aryl methyl sites for hydroxylation is 1. The van der Waals surface area contributed by atoms with E-state index in [1.54, 1.807) is 0 Å². The van der Waals surface area contributed by atoms with Gasteiger partial charge in [0.05, 0.1) is 0 Å². The zero-order valence-electron chi connectivity index (χ0n) is 8.66. The van der Waals surface area contributed by atoms with Crippen LogP contribution in [0.4, 0.5) is 5.69 Å². The smallest absolute Gasteiger partial charge is 0.124 e. The molecule has 1 aliphatic rings. The van der Waals surface area contributed by atoms with Crippen molar-refractivity contribution in [2.75, 3.05) is 25.9 Å². The Hall–Kier alpha value is -1.22. The van der Waals surface area contributed by atoms with Crippen LogP contribution in [0.5, 0.6) is 5.75 Å². The molecule has 2 N–H and O–H groups in total. The normalized spacial score (nSPS) is 17.9. The molecule has 1 saturated heterocycles. The maximum atomic E-state index is 5.81. The van der Waals surface area contributed by atoms with Crippen LogP contribution in [0.25, 0.3) is 0 Å². The molecule has 1 aromatic rings. The molecule has 0 radical (unpaired) electrons. The first-order valence-corrected chi connectivity index (χ1v) is 4.86. The molecule has 1 fully saturated rings. The van der Waals surface area contributed by atoms with Crippen molar-refractivity contribution in [2.45, 2.75) is 13.0 Å². The summed E-state index contributed by atoms with van der Waals surface area (Å²) in [6.45, 7) is 4.06. The van der Waals surface area contributed by atoms with Gasteiger partial charge in [-0.05, 0) is 37.7 Å². The second-order valence-electron chi connectivity index (χ2n) is 3.99. The summed E-state index contributed by atoms with van der Waals surface area (Å²) >= 11 is 0. The minimum Gasteiger partial charge on any atom is -0.487 e. The summed E-state index contributed by atoms with van der Waals surface area (Å²) in [5, 5.41) is 0. The highest BCUT2D eigenvalue weighted by molar-refractivity contribution is 5.47. The summed E-state index contributed by atoms with van der Waals surface area (Å²) in [6, 6.07) is 5.77. The highest BCUT2D eigenvalue weighted by Gasteiger charge is 2.25. The van der Waals surface area contributed by atoms with Crippen LogP contribution in [0.1, 0.15) is 5.56 Å². The van der Waals surface area contributed by atoms with Gasteiger partial charge in [0, 0.05) is 18.8 Å². The fourth-order valence-corrected chi connectivity index (χ4v) is 1.70. The number of nitrogen functional groups attached to an aromatic ring is 1. The molecule has 0 amide bonds. The number of hydrogen-bond donors (Lipinski definition) is 1. The van der Waals surface area contributed by atoms with E-state index in [1.165, 1.54) is 0 Å². The number of nitrogens with two attached hydrogens (primary N) is 1. The average molecular weight is 192 g/mol. The third-order valence-electron chi connectivity index (χ3n) is 2.52. The first-order chi connectivity index (χ1) is 6.65. The molecule has 3 nitrogen and oxygen atoms in total. The van der Waals surface area contributed by atoms with Gasteiger partial charge < -0.3 is 10.5 Å². The summed E-state index contributed by atoms with van der Waals surface area (Å²) < 4.78 is 5.81. The Morgan fingerprint density at radius 2 is 2.14 bits per heavy atom. The van der Waals surface area contributed by atoms with Crippen molar-refractivity contribution in [1.82, 2.24) is 4.90 Å². The quantitative estimate of drug-likeness (QED) is 0.717. The topological polar surface area (TPSA) is 38.5 Å². The molecular formula is C11H16N2O. The number of ether oxygens (including phenoxy) is 1. The summed E-state index contributed by atoms with van der Waals surface area (Å²) in [5.74, 6) is 0.956. The number of hydrogen-bond acceptors (Lipinski definition) is 3. The van der Waals surface area contributed by atoms with Gasteiger partial charge in [0.15, 0.2) is 0 Å². The maximum Gasteiger partial charge on any atom is 0.124 e. The molecule has 0 aliphatic carbocycles. The SMILES string of the molecule is Cc1cc(N)ccc1OC1CN(C)C1. The van der Waals surface area contributed by atoms with E-state index in [1.807, 2.05) is 25.1 Å². The first-order valence-electron chi connectivity index (χ1n) is 4.86. The van der Waals surface area contributed by atoms with E-state index in [2.05, 4.69) is 11.9 Å². The lowest BCUT2D eigenvalue weighted by atomic mass is 10.1. The van der Waals surface area contributed by atoms with Crippen LogP contribution in [-0.2, 0) is 0 Å². The Bertz CT molecular complexity index is 332. The Labute approximate surface area is 84.5 Å². The number of likely N-dealkylation sites (N-methyl/N-ethyl adjacent to an activating group) is 1. The Balaban J connectivity index is 2.02. The largest absolute Gasteiger partial charge is 0.487 e. The number of likely N-dealkylation sites (tertiary alicyclic amines) is 1. The predicted molar refractivity (Wildman–Crippen MR) is 57.5 cm³/mol. The van der Waals surface area contributed by atoms with Crippen molar-refractivity contribution < 1.29 is 4.74 Å². The second-order valence-corrected chi connectivity index (χ2v) is 3.99. The van der Waals surface area contributed by atoms with Gasteiger partial charge >= 0.3 is 0 Å². The molecule has 3 heteroatoms. The molecule has 14 heavy (non-hydrogen) atoms. The molecule has 0 atom stereocenters. The van der Waals surface area contributed by atoms with Gasteiger partial charge in [0.25, 0.3) is 0 Å². The van der Waals surface area contributed by atoms with Gasteiger partial charge in [0.2, 0.25) is 0 Å². The van der Waals surface area contributed by atoms with Gasteiger partial charge in [-0.1, -0.05) is 0 Å². The van der Waals surface area contributed by atoms with Crippen LogP contribution >= 0.6 is 0 Å². The van der Waals surface area contributed by atoms with Crippen molar-refractivity contribution >= 4 is 5.69 Å². The zero-order valence-corrected chi connectivity index (χ0v) is 8.66. The zero-order chi connectivity index (χ0) is 10.1. The number of anilines is 1. The summed E-state index contributed by atoms with van der Waals surface area (Å²) in [6.07, 6.45) is 0.349. The number of benzene rings is 1. The van der Waals surface area contributed by atoms with Gasteiger partial charge in [-0.3, -0.25) is 4.90 Å². The minimum absolute atomic E-state index is 0.349. The van der Waals surface area contributed by atoms with Gasteiger partial charge in [0.1, 0.15) is 11.9 Å². The summed E-state index contributed by atoms with van der Waals surface area (Å²) in [4.78, 5) is 2.23. The third-order valence-corrected chi connectivity index (χ3v) is 2.52. The Morgan fingerprint density at radius 1 is 1.43 bits per heavy atom. The standard InChI is InChI=1S/C11H16N2O/c1-8-5-9(12)3-4-11(8)14-10-6-13(2)7-10/h3-5,10H,6-7,12H2,1-2H3. The molecule has 1 aliphatic heterocycles. The monoisotopic (exact) mass is 192 g/mol. The van der Waals surface area contributed by atoms with Gasteiger partial charge in [-0.15, -0.1) is 0 Å². The van der Waals surface area contributed by atoms with Crippen LogP contribution in [0.15, 0.2) is 18.2 Å². The van der Waals surface area contributed by atoms with Crippen LogP contribution in [0.2, 0.25) is 0 Å². The molecule has 76 valence electrons. The Morgan fingerprint density at radius 3 is 2.71 bits per heavy atom. The average Bonchev–Trinajstić information content (AvgIpc) is 2.06. The van der Waals surface area contributed by atoms with Crippen molar-refractivity contribution in [2.24, 2.45) is 0 Å². The third kappa shape index (κ3) is 1.82. The molecule has 0 saturated carbocycles. The van der Waals surface area contributed by atoms with Gasteiger partial charge in [-0.2, -0.15) is 0 Å². The van der Waals surface area contributed by atoms with Gasteiger partial charge in [-0.25, -0.2) is 0 Å². The fourth-order valence-electron chi connectivity index (χ4n) is 1.70. The Kier molecular flexibility index (Phi) is 2.33. The van der Waals surface area contributed by atoms with Crippen molar-refractivity contribution in [3.63, 3.8) is 0 Å². The van der Waals surface area contributed by atoms with E-state index in [4.69, 9.17) is 10.5 Å². The molecule has 1 aromatic carbocycles. The van der Waals surface area contributed by atoms with Crippen molar-refractivity contribution in [1.29, 1.82) is 0 Å². The molecule has 0 unspecified atom stereocenters. The van der Waals surface area contributed by atoms with E-state index in [9.17, 15) is 0 Å². The fraction of sp³-hybridized carbons (Fsp3) is 0.455. The van der Waals surface area contributed by atoms with E-state index < -0.39 is 0 Å². The molecule has 0 bridgehead atoms. The van der Waals surface area contributed by atoms with E-state index in [0.29, 0.717) is 6.10 Å². The first kappa shape index (κ1) is 9.34. The van der Waals surface area contributed by atoms with Crippen LogP contribution in [0, 0.1) is 6.92 Å². The van der Waals surface area contributed by atoms with Crippen LogP contribution in [0.3, 0.4) is 0 Å². The minimum atomic E-state index is 0.349. The highest BCUT2D eigenvalue weighted by atomic mass is 16.5. The second kappa shape index (κ2) is 3.50. The number of rotatable bonds is 2. The molecule has 0 aromatic heterocycles. The molecule has 2 rings (SSSR count). The lowest BCUT2D eigenvalue weighted by molar-refractivity contribution is 0.0383. The molecule has 1 heterocycles. The van der Waals surface area contributed by atoms with E-state index in [-0.39, 0.29) is 0 Å². The van der Waals surface area contributed by atoms with E-state index >= 15 is 0 Å². The lowest BCUT2D eigenvalue weighted by Gasteiger charge is -2.36. The van der Waals surface area contributed by atoms with E-state index in [0.717, 1.165) is 30.1 Å².